The molecule has 27 heavy (non-hydrogen) atoms. The fraction of sp³-hybridized carbons (Fsp3) is 0.500. The number of aryl methyl sites for hydroxylation is 2. The van der Waals surface area contributed by atoms with Crippen LogP contribution < -0.4 is 5.32 Å². The van der Waals surface area contributed by atoms with Gasteiger partial charge in [0.05, 0.1) is 17.8 Å². The van der Waals surface area contributed by atoms with Crippen LogP contribution in [0.4, 0.5) is 0 Å². The molecule has 148 valence electrons. The Bertz CT molecular complexity index is 819. The van der Waals surface area contributed by atoms with Gasteiger partial charge in [0.25, 0.3) is 0 Å². The fourth-order valence-electron chi connectivity index (χ4n) is 3.67. The van der Waals surface area contributed by atoms with E-state index in [0.29, 0.717) is 12.3 Å². The van der Waals surface area contributed by atoms with Crippen molar-refractivity contribution in [2.24, 2.45) is 5.92 Å². The molecule has 3 rings (SSSR count). The average molecular weight is 411 g/mol. The lowest BCUT2D eigenvalue weighted by molar-refractivity contribution is -0.129. The summed E-state index contributed by atoms with van der Waals surface area (Å²) in [6.07, 6.45) is 1.48. The number of nitrogens with zero attached hydrogens (tertiary/aromatic N) is 3. The first-order valence-electron chi connectivity index (χ1n) is 9.14. The van der Waals surface area contributed by atoms with Gasteiger partial charge in [0, 0.05) is 29.4 Å². The van der Waals surface area contributed by atoms with Crippen molar-refractivity contribution < 1.29 is 4.79 Å². The largest absolute Gasteiger partial charge is 0.342 e. The van der Waals surface area contributed by atoms with E-state index in [-0.39, 0.29) is 18.3 Å². The number of likely N-dealkylation sites (tertiary alicyclic amines) is 1. The topological polar surface area (TPSA) is 50.2 Å². The van der Waals surface area contributed by atoms with Crippen molar-refractivity contribution in [3.63, 3.8) is 0 Å². The molecule has 1 amide bonds. The molecule has 2 aromatic rings. The van der Waals surface area contributed by atoms with Crippen LogP contribution in [-0.2, 0) is 11.2 Å². The van der Waals surface area contributed by atoms with Crippen LogP contribution in [0.15, 0.2) is 18.2 Å². The second kappa shape index (κ2) is 9.09. The number of carbonyl (C=O) groups is 1. The van der Waals surface area contributed by atoms with Gasteiger partial charge < -0.3 is 10.2 Å². The van der Waals surface area contributed by atoms with Crippen LogP contribution in [0.25, 0.3) is 5.69 Å². The van der Waals surface area contributed by atoms with Gasteiger partial charge in [-0.1, -0.05) is 17.7 Å². The van der Waals surface area contributed by atoms with Crippen LogP contribution in [0.3, 0.4) is 0 Å². The zero-order valence-electron chi connectivity index (χ0n) is 16.4. The summed E-state index contributed by atoms with van der Waals surface area (Å²) in [5, 5.41) is 8.58. The van der Waals surface area contributed by atoms with Crippen LogP contribution in [0.5, 0.6) is 0 Å². The maximum Gasteiger partial charge on any atom is 0.227 e. The molecule has 1 fully saturated rings. The average Bonchev–Trinajstić information content (AvgIpc) is 3.18. The molecule has 0 bridgehead atoms. The molecule has 0 aliphatic carbocycles. The van der Waals surface area contributed by atoms with E-state index >= 15 is 0 Å². The van der Waals surface area contributed by atoms with E-state index in [1.807, 2.05) is 55.6 Å². The van der Waals surface area contributed by atoms with Crippen LogP contribution >= 0.6 is 24.0 Å². The number of halogens is 2. The fourth-order valence-corrected chi connectivity index (χ4v) is 3.85. The number of aromatic nitrogens is 2. The minimum atomic E-state index is 0. The second-order valence-electron chi connectivity index (χ2n) is 7.22. The van der Waals surface area contributed by atoms with Crippen molar-refractivity contribution >= 4 is 29.9 Å². The van der Waals surface area contributed by atoms with Crippen molar-refractivity contribution in [2.45, 2.75) is 33.6 Å². The summed E-state index contributed by atoms with van der Waals surface area (Å²) in [6, 6.07) is 5.92. The first kappa shape index (κ1) is 21.7. The second-order valence-corrected chi connectivity index (χ2v) is 7.63. The smallest absolute Gasteiger partial charge is 0.227 e. The first-order valence-corrected chi connectivity index (χ1v) is 9.52. The molecule has 1 aromatic carbocycles. The zero-order chi connectivity index (χ0) is 18.8. The van der Waals surface area contributed by atoms with E-state index in [0.717, 1.165) is 59.3 Å². The maximum atomic E-state index is 12.8. The number of rotatable bonds is 5. The van der Waals surface area contributed by atoms with Crippen LogP contribution in [0.2, 0.25) is 5.02 Å². The van der Waals surface area contributed by atoms with Crippen LogP contribution in [0.1, 0.15) is 28.9 Å². The molecular formula is C20H28Cl2N4O. The van der Waals surface area contributed by atoms with E-state index in [1.54, 1.807) is 0 Å². The van der Waals surface area contributed by atoms with Crippen LogP contribution in [-0.4, -0.2) is 47.3 Å². The van der Waals surface area contributed by atoms with E-state index < -0.39 is 0 Å². The summed E-state index contributed by atoms with van der Waals surface area (Å²) in [4.78, 5) is 14.7. The van der Waals surface area contributed by atoms with Gasteiger partial charge in [-0.3, -0.25) is 4.79 Å². The summed E-state index contributed by atoms with van der Waals surface area (Å²) in [6.45, 7) is 8.63. The Balaban J connectivity index is 0.00000261. The quantitative estimate of drug-likeness (QED) is 0.820. The highest BCUT2D eigenvalue weighted by atomic mass is 35.5. The maximum absolute atomic E-state index is 12.8. The summed E-state index contributed by atoms with van der Waals surface area (Å²) in [5.41, 5.74) is 4.89. The SMILES string of the molecule is CNCC1CCN(C(=O)Cc2c(C)nn(-c3ccc(C)c(Cl)c3)c2C)C1.Cl. The lowest BCUT2D eigenvalue weighted by Crippen LogP contribution is -2.31. The van der Waals surface area contributed by atoms with Gasteiger partial charge in [-0.2, -0.15) is 5.10 Å². The number of amides is 1. The highest BCUT2D eigenvalue weighted by Gasteiger charge is 2.27. The Kier molecular flexibility index (Phi) is 7.32. The Morgan fingerprint density at radius 3 is 2.74 bits per heavy atom. The number of carbonyl (C=O) groups excluding carboxylic acids is 1. The van der Waals surface area contributed by atoms with E-state index in [9.17, 15) is 4.79 Å². The van der Waals surface area contributed by atoms with Crippen molar-refractivity contribution in [1.82, 2.24) is 20.0 Å². The highest BCUT2D eigenvalue weighted by Crippen LogP contribution is 2.24. The normalized spacial score (nSPS) is 16.5. The number of hydrogen-bond donors (Lipinski definition) is 1. The lowest BCUT2D eigenvalue weighted by atomic mass is 10.1. The Morgan fingerprint density at radius 2 is 2.07 bits per heavy atom. The third-order valence-corrected chi connectivity index (χ3v) is 5.71. The van der Waals surface area contributed by atoms with Gasteiger partial charge in [0.1, 0.15) is 0 Å². The molecule has 0 radical (unpaired) electrons. The summed E-state index contributed by atoms with van der Waals surface area (Å²) < 4.78 is 1.89. The molecule has 7 heteroatoms. The van der Waals surface area contributed by atoms with Gasteiger partial charge in [-0.25, -0.2) is 4.68 Å². The number of benzene rings is 1. The molecule has 1 N–H and O–H groups in total. The molecule has 1 saturated heterocycles. The van der Waals surface area contributed by atoms with Crippen molar-refractivity contribution in [1.29, 1.82) is 0 Å². The molecule has 1 aliphatic rings. The summed E-state index contributed by atoms with van der Waals surface area (Å²) in [5.74, 6) is 0.750. The molecule has 1 unspecified atom stereocenters. The van der Waals surface area contributed by atoms with Crippen molar-refractivity contribution in [3.8, 4) is 5.69 Å². The Morgan fingerprint density at radius 1 is 1.33 bits per heavy atom. The molecule has 0 spiro atoms. The number of nitrogens with one attached hydrogen (secondary N) is 1. The summed E-state index contributed by atoms with van der Waals surface area (Å²) >= 11 is 6.27. The van der Waals surface area contributed by atoms with Gasteiger partial charge in [-0.15, -0.1) is 12.4 Å². The van der Waals surface area contributed by atoms with Crippen LogP contribution in [0, 0.1) is 26.7 Å². The van der Waals surface area contributed by atoms with E-state index in [4.69, 9.17) is 11.6 Å². The van der Waals surface area contributed by atoms with Gasteiger partial charge >= 0.3 is 0 Å². The Labute approximate surface area is 172 Å². The lowest BCUT2D eigenvalue weighted by Gasteiger charge is -2.17. The van der Waals surface area contributed by atoms with Gasteiger partial charge in [-0.05, 0) is 64.4 Å². The molecule has 1 aromatic heterocycles. The molecule has 2 heterocycles. The van der Waals surface area contributed by atoms with Gasteiger partial charge in [0.2, 0.25) is 5.91 Å². The van der Waals surface area contributed by atoms with Crippen molar-refractivity contribution in [3.05, 3.63) is 45.7 Å². The van der Waals surface area contributed by atoms with E-state index in [2.05, 4.69) is 10.4 Å². The highest BCUT2D eigenvalue weighted by molar-refractivity contribution is 6.31. The number of hydrogen-bond acceptors (Lipinski definition) is 3. The third kappa shape index (κ3) is 4.65. The predicted octanol–water partition coefficient (Wildman–Crippen LogP) is 3.48. The summed E-state index contributed by atoms with van der Waals surface area (Å²) in [7, 11) is 1.96. The molecular weight excluding hydrogens is 383 g/mol. The van der Waals surface area contributed by atoms with E-state index in [1.165, 1.54) is 0 Å². The van der Waals surface area contributed by atoms with Gasteiger partial charge in [0.15, 0.2) is 0 Å². The van der Waals surface area contributed by atoms with Crippen molar-refractivity contribution in [2.75, 3.05) is 26.7 Å². The predicted molar refractivity (Wildman–Crippen MR) is 112 cm³/mol. The monoisotopic (exact) mass is 410 g/mol. The minimum Gasteiger partial charge on any atom is -0.342 e. The third-order valence-electron chi connectivity index (χ3n) is 5.30. The minimum absolute atomic E-state index is 0. The zero-order valence-corrected chi connectivity index (χ0v) is 18.0. The molecule has 1 atom stereocenters. The first-order chi connectivity index (χ1) is 12.4. The molecule has 0 saturated carbocycles. The molecule has 1 aliphatic heterocycles. The molecule has 5 nitrogen and oxygen atoms in total. The standard InChI is InChI=1S/C20H27ClN4O.ClH/c1-13-5-6-17(9-19(13)21)25-15(3)18(14(2)23-25)10-20(26)24-8-7-16(12-24)11-22-4;/h5-6,9,16,22H,7-8,10-12H2,1-4H3;1H. The Hall–Kier alpha value is -1.56.